The maximum atomic E-state index is 10.1. The van der Waals surface area contributed by atoms with Gasteiger partial charge in [-0.1, -0.05) is 51.1 Å². The summed E-state index contributed by atoms with van der Waals surface area (Å²) in [5, 5.41) is 5.49. The van der Waals surface area contributed by atoms with Crippen LogP contribution in [0.5, 0.6) is 0 Å². The van der Waals surface area contributed by atoms with Crippen molar-refractivity contribution in [3.05, 3.63) is 35.9 Å². The van der Waals surface area contributed by atoms with Crippen molar-refractivity contribution in [3.63, 3.8) is 0 Å². The van der Waals surface area contributed by atoms with Gasteiger partial charge in [-0.15, -0.1) is 0 Å². The van der Waals surface area contributed by atoms with Crippen LogP contribution < -0.4 is 10.6 Å². The third kappa shape index (κ3) is 16.6. The zero-order valence-electron chi connectivity index (χ0n) is 13.1. The minimum atomic E-state index is 0.0926. The summed E-state index contributed by atoms with van der Waals surface area (Å²) >= 11 is 0. The first kappa shape index (κ1) is 20.0. The molecule has 0 aliphatic carbocycles. The topological polar surface area (TPSA) is 41.1 Å². The number of nitrogens with one attached hydrogen (secondary N) is 2. The van der Waals surface area contributed by atoms with Crippen LogP contribution in [0, 0.1) is 0 Å². The van der Waals surface area contributed by atoms with Crippen molar-refractivity contribution >= 4 is 5.91 Å². The molecule has 0 spiro atoms. The SMILES string of the molecule is CCC(=O)NC.CCCNC.CCc1ccccc1. The fourth-order valence-electron chi connectivity index (χ4n) is 1.14. The highest BCUT2D eigenvalue weighted by Gasteiger charge is 1.84. The second kappa shape index (κ2) is 16.6. The normalized spacial score (nSPS) is 8.47. The molecule has 0 atom stereocenters. The van der Waals surface area contributed by atoms with Crippen molar-refractivity contribution < 1.29 is 4.79 Å². The Balaban J connectivity index is 0. The van der Waals surface area contributed by atoms with Crippen LogP contribution in [0.25, 0.3) is 0 Å². The average molecular weight is 266 g/mol. The highest BCUT2D eigenvalue weighted by Crippen LogP contribution is 1.96. The number of rotatable bonds is 4. The molecule has 0 fully saturated rings. The van der Waals surface area contributed by atoms with Crippen LogP contribution >= 0.6 is 0 Å². The molecule has 1 aromatic carbocycles. The van der Waals surface area contributed by atoms with Gasteiger partial charge >= 0.3 is 0 Å². The lowest BCUT2D eigenvalue weighted by molar-refractivity contribution is -0.120. The summed E-state index contributed by atoms with van der Waals surface area (Å²) in [6.45, 7) is 7.27. The van der Waals surface area contributed by atoms with Gasteiger partial charge in [-0.05, 0) is 32.0 Å². The lowest BCUT2D eigenvalue weighted by Crippen LogP contribution is -2.15. The molecular weight excluding hydrogens is 236 g/mol. The van der Waals surface area contributed by atoms with Crippen molar-refractivity contribution in [2.45, 2.75) is 40.0 Å². The Hall–Kier alpha value is -1.35. The van der Waals surface area contributed by atoms with Gasteiger partial charge in [-0.3, -0.25) is 4.79 Å². The van der Waals surface area contributed by atoms with Crippen molar-refractivity contribution in [1.82, 2.24) is 10.6 Å². The third-order valence-corrected chi connectivity index (χ3v) is 2.35. The van der Waals surface area contributed by atoms with Crippen LogP contribution in [0.4, 0.5) is 0 Å². The van der Waals surface area contributed by atoms with Gasteiger partial charge in [0.1, 0.15) is 0 Å². The van der Waals surface area contributed by atoms with Gasteiger partial charge in [0.2, 0.25) is 5.91 Å². The van der Waals surface area contributed by atoms with Crippen LogP contribution in [-0.4, -0.2) is 26.5 Å². The van der Waals surface area contributed by atoms with Gasteiger partial charge < -0.3 is 10.6 Å². The predicted octanol–water partition coefficient (Wildman–Crippen LogP) is 3.01. The molecule has 0 heterocycles. The molecule has 0 saturated heterocycles. The van der Waals surface area contributed by atoms with Crippen LogP contribution in [0.15, 0.2) is 30.3 Å². The standard InChI is InChI=1S/C8H10.C4H9NO.C4H11N/c1-2-8-6-4-3-5-7-8;1-3-4(6)5-2;1-3-4-5-2/h3-7H,2H2,1H3;3H2,1-2H3,(H,5,6);5H,3-4H2,1-2H3. The summed E-state index contributed by atoms with van der Waals surface area (Å²) in [6, 6.07) is 10.5. The van der Waals surface area contributed by atoms with Crippen LogP contribution in [0.3, 0.4) is 0 Å². The Labute approximate surface area is 118 Å². The van der Waals surface area contributed by atoms with E-state index in [1.165, 1.54) is 12.0 Å². The number of hydrogen-bond acceptors (Lipinski definition) is 2. The Morgan fingerprint density at radius 1 is 1.05 bits per heavy atom. The summed E-state index contributed by atoms with van der Waals surface area (Å²) in [5.41, 5.74) is 1.41. The molecule has 0 bridgehead atoms. The summed E-state index contributed by atoms with van der Waals surface area (Å²) in [5.74, 6) is 0.0926. The second-order valence-corrected chi connectivity index (χ2v) is 3.97. The molecule has 1 aromatic rings. The van der Waals surface area contributed by atoms with Gasteiger partial charge in [0.15, 0.2) is 0 Å². The van der Waals surface area contributed by atoms with Crippen LogP contribution in [0.2, 0.25) is 0 Å². The first-order valence-electron chi connectivity index (χ1n) is 7.05. The highest BCUT2D eigenvalue weighted by atomic mass is 16.1. The van der Waals surface area contributed by atoms with Crippen molar-refractivity contribution in [2.75, 3.05) is 20.6 Å². The molecule has 2 N–H and O–H groups in total. The number of carbonyl (C=O) groups excluding carboxylic acids is 1. The van der Waals surface area contributed by atoms with Gasteiger partial charge in [0.25, 0.3) is 0 Å². The van der Waals surface area contributed by atoms with Gasteiger partial charge in [0, 0.05) is 13.5 Å². The van der Waals surface area contributed by atoms with Crippen molar-refractivity contribution in [3.8, 4) is 0 Å². The number of aryl methyl sites for hydroxylation is 1. The van der Waals surface area contributed by atoms with E-state index in [1.54, 1.807) is 7.05 Å². The monoisotopic (exact) mass is 266 g/mol. The van der Waals surface area contributed by atoms with E-state index in [-0.39, 0.29) is 5.91 Å². The molecular formula is C16H30N2O. The Morgan fingerprint density at radius 3 is 1.79 bits per heavy atom. The van der Waals surface area contributed by atoms with Crippen LogP contribution in [0.1, 0.15) is 39.2 Å². The van der Waals surface area contributed by atoms with E-state index < -0.39 is 0 Å². The van der Waals surface area contributed by atoms with Gasteiger partial charge in [0.05, 0.1) is 0 Å². The summed E-state index contributed by atoms with van der Waals surface area (Å²) < 4.78 is 0. The quantitative estimate of drug-likeness (QED) is 0.879. The molecule has 3 nitrogen and oxygen atoms in total. The van der Waals surface area contributed by atoms with E-state index in [1.807, 2.05) is 20.0 Å². The first-order chi connectivity index (χ1) is 9.15. The lowest BCUT2D eigenvalue weighted by atomic mass is 10.2. The number of benzene rings is 1. The molecule has 19 heavy (non-hydrogen) atoms. The molecule has 110 valence electrons. The van der Waals surface area contributed by atoms with Gasteiger partial charge in [-0.2, -0.15) is 0 Å². The molecule has 0 aromatic heterocycles. The predicted molar refractivity (Wildman–Crippen MR) is 84.4 cm³/mol. The van der Waals surface area contributed by atoms with E-state index in [9.17, 15) is 4.79 Å². The van der Waals surface area contributed by atoms with Gasteiger partial charge in [-0.25, -0.2) is 0 Å². The Kier molecular flexibility index (Phi) is 17.5. The molecule has 1 amide bonds. The number of amides is 1. The van der Waals surface area contributed by atoms with E-state index in [4.69, 9.17) is 0 Å². The molecule has 0 radical (unpaired) electrons. The first-order valence-corrected chi connectivity index (χ1v) is 7.05. The molecule has 1 rings (SSSR count). The molecule has 3 heteroatoms. The minimum Gasteiger partial charge on any atom is -0.359 e. The number of hydrogen-bond donors (Lipinski definition) is 2. The summed E-state index contributed by atoms with van der Waals surface area (Å²) in [6.07, 6.45) is 2.95. The van der Waals surface area contributed by atoms with E-state index in [0.717, 1.165) is 13.0 Å². The molecule has 0 aliphatic rings. The summed E-state index contributed by atoms with van der Waals surface area (Å²) in [4.78, 5) is 10.1. The Bertz CT molecular complexity index is 278. The maximum Gasteiger partial charge on any atom is 0.219 e. The second-order valence-electron chi connectivity index (χ2n) is 3.97. The average Bonchev–Trinajstić information content (AvgIpc) is 2.49. The fraction of sp³-hybridized carbons (Fsp3) is 0.562. The lowest BCUT2D eigenvalue weighted by Gasteiger charge is -1.89. The van der Waals surface area contributed by atoms with E-state index in [0.29, 0.717) is 6.42 Å². The molecule has 0 saturated carbocycles. The fourth-order valence-corrected chi connectivity index (χ4v) is 1.14. The number of carbonyl (C=O) groups is 1. The van der Waals surface area contributed by atoms with Crippen molar-refractivity contribution in [2.24, 2.45) is 0 Å². The minimum absolute atomic E-state index is 0.0926. The highest BCUT2D eigenvalue weighted by molar-refractivity contribution is 5.74. The largest absolute Gasteiger partial charge is 0.359 e. The van der Waals surface area contributed by atoms with E-state index in [2.05, 4.69) is 48.7 Å². The zero-order chi connectivity index (χ0) is 14.9. The molecule has 0 unspecified atom stereocenters. The molecule has 0 aliphatic heterocycles. The third-order valence-electron chi connectivity index (χ3n) is 2.35. The van der Waals surface area contributed by atoms with Crippen LogP contribution in [-0.2, 0) is 11.2 Å². The zero-order valence-corrected chi connectivity index (χ0v) is 13.1. The Morgan fingerprint density at radius 2 is 1.63 bits per heavy atom. The maximum absolute atomic E-state index is 10.1. The smallest absolute Gasteiger partial charge is 0.219 e. The van der Waals surface area contributed by atoms with E-state index >= 15 is 0 Å². The van der Waals surface area contributed by atoms with Crippen molar-refractivity contribution in [1.29, 1.82) is 0 Å². The summed E-state index contributed by atoms with van der Waals surface area (Å²) in [7, 11) is 3.59.